The van der Waals surface area contributed by atoms with Crippen molar-refractivity contribution in [3.63, 3.8) is 0 Å². The van der Waals surface area contributed by atoms with Gasteiger partial charge in [-0.05, 0) is 17.5 Å². The van der Waals surface area contributed by atoms with Crippen LogP contribution in [0.2, 0.25) is 0 Å². The fraction of sp³-hybridized carbons (Fsp3) is 0.438. The van der Waals surface area contributed by atoms with E-state index >= 15 is 0 Å². The van der Waals surface area contributed by atoms with Crippen molar-refractivity contribution in [3.8, 4) is 0 Å². The number of hydrogen-bond donors (Lipinski definition) is 2. The molecule has 7 nitrogen and oxygen atoms in total. The summed E-state index contributed by atoms with van der Waals surface area (Å²) in [5, 5.41) is 4.97. The average Bonchev–Trinajstić information content (AvgIpc) is 2.58. The summed E-state index contributed by atoms with van der Waals surface area (Å²) >= 11 is 0. The van der Waals surface area contributed by atoms with Gasteiger partial charge in [-0.1, -0.05) is 24.3 Å². The Bertz CT molecular complexity index is 603. The zero-order chi connectivity index (χ0) is 16.8. The van der Waals surface area contributed by atoms with Gasteiger partial charge in [0.1, 0.15) is 6.04 Å². The maximum Gasteiger partial charge on any atom is 0.323 e. The third-order valence-electron chi connectivity index (χ3n) is 3.89. The summed E-state index contributed by atoms with van der Waals surface area (Å²) in [6.45, 7) is 0.442. The van der Waals surface area contributed by atoms with Crippen LogP contribution in [0.1, 0.15) is 11.1 Å². The van der Waals surface area contributed by atoms with E-state index in [0.717, 1.165) is 11.1 Å². The third-order valence-corrected chi connectivity index (χ3v) is 3.89. The van der Waals surface area contributed by atoms with Crippen molar-refractivity contribution < 1.29 is 19.1 Å². The van der Waals surface area contributed by atoms with Crippen molar-refractivity contribution in [3.05, 3.63) is 35.4 Å². The highest BCUT2D eigenvalue weighted by Gasteiger charge is 2.33. The van der Waals surface area contributed by atoms with E-state index in [4.69, 9.17) is 4.74 Å². The molecule has 1 aromatic rings. The zero-order valence-corrected chi connectivity index (χ0v) is 13.3. The fourth-order valence-corrected chi connectivity index (χ4v) is 2.62. The number of nitrogens with zero attached hydrogens (tertiary/aromatic N) is 1. The minimum atomic E-state index is -0.499. The summed E-state index contributed by atoms with van der Waals surface area (Å²) in [6.07, 6.45) is 0.506. The van der Waals surface area contributed by atoms with E-state index in [9.17, 15) is 14.4 Å². The molecule has 1 aliphatic rings. The van der Waals surface area contributed by atoms with Crippen molar-refractivity contribution in [2.45, 2.75) is 19.0 Å². The summed E-state index contributed by atoms with van der Waals surface area (Å²) < 4.78 is 4.86. The molecular weight excluding hydrogens is 298 g/mol. The molecule has 0 radical (unpaired) electrons. The van der Waals surface area contributed by atoms with Crippen molar-refractivity contribution in [1.29, 1.82) is 0 Å². The molecule has 2 amide bonds. The Morgan fingerprint density at radius 3 is 2.57 bits per heavy atom. The molecule has 0 bridgehead atoms. The topological polar surface area (TPSA) is 87.7 Å². The summed E-state index contributed by atoms with van der Waals surface area (Å²) in [4.78, 5) is 37.0. The van der Waals surface area contributed by atoms with E-state index in [1.165, 1.54) is 14.2 Å². The van der Waals surface area contributed by atoms with Crippen molar-refractivity contribution in [1.82, 2.24) is 15.5 Å². The van der Waals surface area contributed by atoms with Gasteiger partial charge in [0.25, 0.3) is 0 Å². The molecule has 0 fully saturated rings. The highest BCUT2D eigenvalue weighted by atomic mass is 16.5. The smallest absolute Gasteiger partial charge is 0.323 e. The summed E-state index contributed by atoms with van der Waals surface area (Å²) in [5.41, 5.74) is 2.18. The molecule has 1 aliphatic heterocycles. The second kappa shape index (κ2) is 7.73. The number of esters is 1. The highest BCUT2D eigenvalue weighted by molar-refractivity contribution is 5.86. The van der Waals surface area contributed by atoms with Gasteiger partial charge in [0, 0.05) is 13.6 Å². The number of amides is 2. The van der Waals surface area contributed by atoms with Crippen LogP contribution in [-0.4, -0.2) is 56.0 Å². The largest absolute Gasteiger partial charge is 0.468 e. The van der Waals surface area contributed by atoms with Gasteiger partial charge in [0.2, 0.25) is 11.8 Å². The van der Waals surface area contributed by atoms with Gasteiger partial charge in [0.05, 0.1) is 20.2 Å². The number of carbonyl (C=O) groups excluding carboxylic acids is 3. The van der Waals surface area contributed by atoms with Crippen LogP contribution in [0, 0.1) is 0 Å². The highest BCUT2D eigenvalue weighted by Crippen LogP contribution is 2.23. The molecule has 23 heavy (non-hydrogen) atoms. The molecule has 2 rings (SSSR count). The predicted molar refractivity (Wildman–Crippen MR) is 83.4 cm³/mol. The first kappa shape index (κ1) is 17.0. The lowest BCUT2D eigenvalue weighted by molar-refractivity contribution is -0.148. The number of rotatable bonds is 5. The Morgan fingerprint density at radius 1 is 1.22 bits per heavy atom. The minimum Gasteiger partial charge on any atom is -0.468 e. The van der Waals surface area contributed by atoms with E-state index in [1.54, 1.807) is 4.90 Å². The van der Waals surface area contributed by atoms with E-state index < -0.39 is 6.04 Å². The van der Waals surface area contributed by atoms with Crippen molar-refractivity contribution in [2.24, 2.45) is 0 Å². The van der Waals surface area contributed by atoms with Crippen LogP contribution < -0.4 is 10.6 Å². The lowest BCUT2D eigenvalue weighted by atomic mass is 9.94. The van der Waals surface area contributed by atoms with Crippen LogP contribution in [0.5, 0.6) is 0 Å². The number of hydrogen-bond acceptors (Lipinski definition) is 5. The Kier molecular flexibility index (Phi) is 5.70. The van der Waals surface area contributed by atoms with Crippen LogP contribution in [0.3, 0.4) is 0 Å². The number of fused-ring (bicyclic) bond motifs is 1. The number of benzene rings is 1. The number of methoxy groups -OCH3 is 1. The van der Waals surface area contributed by atoms with Crippen LogP contribution in [0.4, 0.5) is 0 Å². The van der Waals surface area contributed by atoms with Crippen molar-refractivity contribution in [2.75, 3.05) is 27.2 Å². The Morgan fingerprint density at radius 2 is 1.91 bits per heavy atom. The first-order chi connectivity index (χ1) is 11.0. The molecule has 0 saturated heterocycles. The molecule has 2 N–H and O–H groups in total. The Hall–Kier alpha value is -2.41. The lowest BCUT2D eigenvalue weighted by Gasteiger charge is -2.34. The SMILES string of the molecule is CNC(=O)CNC(=O)CN1Cc2ccccc2C[C@@H]1C(=O)OC. The number of ether oxygens (including phenoxy) is 1. The zero-order valence-electron chi connectivity index (χ0n) is 13.3. The second-order valence-corrected chi connectivity index (χ2v) is 5.37. The number of carbonyl (C=O) groups is 3. The molecule has 0 spiro atoms. The minimum absolute atomic E-state index is 0.0328. The van der Waals surface area contributed by atoms with Gasteiger partial charge >= 0.3 is 5.97 Å². The van der Waals surface area contributed by atoms with Gasteiger partial charge in [-0.25, -0.2) is 0 Å². The predicted octanol–water partition coefficient (Wildman–Crippen LogP) is -0.551. The van der Waals surface area contributed by atoms with Crippen molar-refractivity contribution >= 4 is 17.8 Å². The van der Waals surface area contributed by atoms with E-state index in [-0.39, 0.29) is 30.9 Å². The number of likely N-dealkylation sites (N-methyl/N-ethyl adjacent to an activating group) is 1. The van der Waals surface area contributed by atoms with E-state index in [2.05, 4.69) is 10.6 Å². The fourth-order valence-electron chi connectivity index (χ4n) is 2.62. The first-order valence-electron chi connectivity index (χ1n) is 7.41. The summed E-state index contributed by atoms with van der Waals surface area (Å²) in [6, 6.07) is 7.33. The van der Waals surface area contributed by atoms with E-state index in [1.807, 2.05) is 24.3 Å². The standard InChI is InChI=1S/C16H21N3O4/c1-17-14(20)8-18-15(21)10-19-9-12-6-4-3-5-11(12)7-13(19)16(22)23-2/h3-6,13H,7-10H2,1-2H3,(H,17,20)(H,18,21)/t13-/m1/s1. The number of nitrogens with one attached hydrogen (secondary N) is 2. The lowest BCUT2D eigenvalue weighted by Crippen LogP contribution is -2.50. The first-order valence-corrected chi connectivity index (χ1v) is 7.41. The molecule has 0 unspecified atom stereocenters. The van der Waals surface area contributed by atoms with Crippen LogP contribution in [0.25, 0.3) is 0 Å². The quantitative estimate of drug-likeness (QED) is 0.711. The molecule has 0 saturated carbocycles. The molecule has 1 atom stereocenters. The molecule has 124 valence electrons. The molecular formula is C16H21N3O4. The van der Waals surface area contributed by atoms with Gasteiger partial charge in [-0.15, -0.1) is 0 Å². The van der Waals surface area contributed by atoms with Gasteiger partial charge < -0.3 is 15.4 Å². The normalized spacial score (nSPS) is 17.0. The van der Waals surface area contributed by atoms with Gasteiger partial charge in [0.15, 0.2) is 0 Å². The maximum absolute atomic E-state index is 12.0. The van der Waals surface area contributed by atoms with Gasteiger partial charge in [-0.3, -0.25) is 19.3 Å². The average molecular weight is 319 g/mol. The van der Waals surface area contributed by atoms with Crippen LogP contribution >= 0.6 is 0 Å². The van der Waals surface area contributed by atoms with Crippen LogP contribution in [-0.2, 0) is 32.1 Å². The Balaban J connectivity index is 2.06. The molecule has 7 heteroatoms. The monoisotopic (exact) mass is 319 g/mol. The Labute approximate surface area is 135 Å². The summed E-state index contributed by atoms with van der Waals surface area (Å²) in [7, 11) is 2.84. The van der Waals surface area contributed by atoms with E-state index in [0.29, 0.717) is 13.0 Å². The maximum atomic E-state index is 12.0. The second-order valence-electron chi connectivity index (χ2n) is 5.37. The molecule has 0 aliphatic carbocycles. The van der Waals surface area contributed by atoms with Crippen LogP contribution in [0.15, 0.2) is 24.3 Å². The molecule has 1 aromatic carbocycles. The molecule has 0 aromatic heterocycles. The summed E-state index contributed by atoms with van der Waals surface area (Å²) in [5.74, 6) is -0.938. The molecule has 1 heterocycles. The third kappa shape index (κ3) is 4.29. The van der Waals surface area contributed by atoms with Gasteiger partial charge in [-0.2, -0.15) is 0 Å².